The fraction of sp³-hybridized carbons (Fsp3) is 0.556. The lowest BCUT2D eigenvalue weighted by atomic mass is 9.79. The molecule has 0 aliphatic carbocycles. The number of carboxylic acids is 1. The number of carboxylic acid groups (broad SMARTS) is 1. The van der Waals surface area contributed by atoms with E-state index in [1.165, 1.54) is 0 Å². The molecule has 1 heterocycles. The van der Waals surface area contributed by atoms with Crippen LogP contribution < -0.4 is 15.8 Å². The highest BCUT2D eigenvalue weighted by Gasteiger charge is 2.30. The molecule has 1 aromatic rings. The van der Waals surface area contributed by atoms with Crippen LogP contribution in [0.5, 0.6) is 5.75 Å². The van der Waals surface area contributed by atoms with E-state index in [-0.39, 0.29) is 18.9 Å². The van der Waals surface area contributed by atoms with Gasteiger partial charge in [0.1, 0.15) is 5.75 Å². The van der Waals surface area contributed by atoms with Crippen LogP contribution in [0.15, 0.2) is 24.3 Å². The highest BCUT2D eigenvalue weighted by molar-refractivity contribution is 6.45. The molecule has 28 heavy (non-hydrogen) atoms. The molecule has 0 bridgehead atoms. The molecule has 10 heteroatoms. The lowest BCUT2D eigenvalue weighted by Crippen LogP contribution is -2.49. The predicted molar refractivity (Wildman–Crippen MR) is 104 cm³/mol. The zero-order valence-electron chi connectivity index (χ0n) is 16.1. The SMILES string of the molecule is CC(=O)O.NCCCCOc1cccc(CC(=O)NC2COCCOB2O)c1. The minimum atomic E-state index is -1.05. The smallest absolute Gasteiger partial charge is 0.480 e. The zero-order valence-corrected chi connectivity index (χ0v) is 16.1. The minimum Gasteiger partial charge on any atom is -0.494 e. The molecule has 1 unspecified atom stereocenters. The van der Waals surface area contributed by atoms with Gasteiger partial charge in [0.05, 0.1) is 38.8 Å². The number of hydrogen-bond acceptors (Lipinski definition) is 7. The third-order valence-corrected chi connectivity index (χ3v) is 3.63. The van der Waals surface area contributed by atoms with Gasteiger partial charge >= 0.3 is 7.12 Å². The van der Waals surface area contributed by atoms with Crippen molar-refractivity contribution >= 4 is 19.0 Å². The number of unbranched alkanes of at least 4 members (excludes halogenated alkanes) is 1. The van der Waals surface area contributed by atoms with Crippen molar-refractivity contribution in [3.8, 4) is 5.75 Å². The summed E-state index contributed by atoms with van der Waals surface area (Å²) < 4.78 is 16.1. The Hall–Kier alpha value is -2.14. The van der Waals surface area contributed by atoms with Gasteiger partial charge in [-0.2, -0.15) is 0 Å². The molecule has 1 aliphatic rings. The van der Waals surface area contributed by atoms with Gasteiger partial charge in [-0.15, -0.1) is 0 Å². The van der Waals surface area contributed by atoms with Crippen LogP contribution >= 0.6 is 0 Å². The fourth-order valence-corrected chi connectivity index (χ4v) is 2.37. The molecule has 2 rings (SSSR count). The minimum absolute atomic E-state index is 0.198. The van der Waals surface area contributed by atoms with Crippen LogP contribution in [0.25, 0.3) is 0 Å². The number of nitrogens with one attached hydrogen (secondary N) is 1. The van der Waals surface area contributed by atoms with Crippen molar-refractivity contribution in [1.82, 2.24) is 5.32 Å². The van der Waals surface area contributed by atoms with Gasteiger partial charge < -0.3 is 35.3 Å². The molecule has 9 nitrogen and oxygen atoms in total. The summed E-state index contributed by atoms with van der Waals surface area (Å²) in [5.74, 6) is -0.859. The summed E-state index contributed by atoms with van der Waals surface area (Å²) in [6.45, 7) is 3.31. The van der Waals surface area contributed by atoms with Crippen molar-refractivity contribution in [1.29, 1.82) is 0 Å². The molecule has 1 fully saturated rings. The molecule has 0 radical (unpaired) electrons. The molecule has 1 aromatic carbocycles. The normalized spacial score (nSPS) is 16.4. The number of hydrogen-bond donors (Lipinski definition) is 4. The van der Waals surface area contributed by atoms with E-state index >= 15 is 0 Å². The van der Waals surface area contributed by atoms with E-state index in [0.29, 0.717) is 26.4 Å². The van der Waals surface area contributed by atoms with E-state index in [0.717, 1.165) is 31.1 Å². The van der Waals surface area contributed by atoms with Crippen molar-refractivity contribution in [2.75, 3.05) is 33.0 Å². The van der Waals surface area contributed by atoms with Crippen LogP contribution in [0.4, 0.5) is 0 Å². The second-order valence-corrected chi connectivity index (χ2v) is 6.20. The highest BCUT2D eigenvalue weighted by Crippen LogP contribution is 2.14. The number of amides is 1. The molecule has 5 N–H and O–H groups in total. The zero-order chi connectivity index (χ0) is 20.8. The monoisotopic (exact) mass is 396 g/mol. The van der Waals surface area contributed by atoms with Gasteiger partial charge in [0.25, 0.3) is 5.97 Å². The number of carbonyl (C=O) groups is 2. The fourth-order valence-electron chi connectivity index (χ4n) is 2.37. The Morgan fingerprint density at radius 2 is 2.11 bits per heavy atom. The maximum atomic E-state index is 12.2. The number of nitrogens with two attached hydrogens (primary N) is 1. The Labute approximate surface area is 165 Å². The molecule has 1 saturated heterocycles. The largest absolute Gasteiger partial charge is 0.494 e. The molecular weight excluding hydrogens is 367 g/mol. The van der Waals surface area contributed by atoms with Gasteiger partial charge in [-0.05, 0) is 37.1 Å². The van der Waals surface area contributed by atoms with E-state index in [2.05, 4.69) is 5.32 Å². The molecule has 1 aliphatic heterocycles. The van der Waals surface area contributed by atoms with Crippen LogP contribution in [0.3, 0.4) is 0 Å². The molecule has 0 spiro atoms. The number of rotatable bonds is 8. The first-order valence-electron chi connectivity index (χ1n) is 9.20. The number of ether oxygens (including phenoxy) is 2. The molecule has 156 valence electrons. The van der Waals surface area contributed by atoms with Crippen LogP contribution in [0.2, 0.25) is 0 Å². The number of carbonyl (C=O) groups excluding carboxylic acids is 1. The third-order valence-electron chi connectivity index (χ3n) is 3.63. The molecule has 0 aromatic heterocycles. The average molecular weight is 396 g/mol. The van der Waals surface area contributed by atoms with E-state index in [4.69, 9.17) is 29.8 Å². The van der Waals surface area contributed by atoms with Crippen molar-refractivity contribution in [3.05, 3.63) is 29.8 Å². The first-order valence-corrected chi connectivity index (χ1v) is 9.20. The summed E-state index contributed by atoms with van der Waals surface area (Å²) in [4.78, 5) is 21.2. The van der Waals surface area contributed by atoms with Gasteiger partial charge in [-0.25, -0.2) is 0 Å². The maximum Gasteiger partial charge on any atom is 0.480 e. The third kappa shape index (κ3) is 10.9. The van der Waals surface area contributed by atoms with Crippen LogP contribution in [-0.4, -0.2) is 68.0 Å². The van der Waals surface area contributed by atoms with E-state index in [1.54, 1.807) is 0 Å². The van der Waals surface area contributed by atoms with E-state index in [1.807, 2.05) is 24.3 Å². The van der Waals surface area contributed by atoms with E-state index in [9.17, 15) is 9.82 Å². The van der Waals surface area contributed by atoms with Crippen molar-refractivity contribution < 1.29 is 33.8 Å². The second-order valence-electron chi connectivity index (χ2n) is 6.20. The summed E-state index contributed by atoms with van der Waals surface area (Å²) >= 11 is 0. The van der Waals surface area contributed by atoms with Crippen molar-refractivity contribution in [2.45, 2.75) is 32.1 Å². The molecule has 1 atom stereocenters. The van der Waals surface area contributed by atoms with Crippen LogP contribution in [0, 0.1) is 0 Å². The second kappa shape index (κ2) is 13.9. The van der Waals surface area contributed by atoms with Crippen LogP contribution in [0.1, 0.15) is 25.3 Å². The summed E-state index contributed by atoms with van der Waals surface area (Å²) in [5.41, 5.74) is 6.29. The lowest BCUT2D eigenvalue weighted by Gasteiger charge is -2.17. The Balaban J connectivity index is 0.000000892. The number of aliphatic carboxylic acids is 1. The highest BCUT2D eigenvalue weighted by atomic mass is 16.6. The van der Waals surface area contributed by atoms with E-state index < -0.39 is 19.0 Å². The summed E-state index contributed by atoms with van der Waals surface area (Å²) in [6, 6.07) is 7.43. The van der Waals surface area contributed by atoms with Crippen molar-refractivity contribution in [2.24, 2.45) is 5.73 Å². The Kier molecular flexibility index (Phi) is 11.9. The van der Waals surface area contributed by atoms with Gasteiger partial charge in [0.15, 0.2) is 0 Å². The Bertz CT molecular complexity index is 599. The summed E-state index contributed by atoms with van der Waals surface area (Å²) in [7, 11) is -1.05. The van der Waals surface area contributed by atoms with Gasteiger partial charge in [0, 0.05) is 6.92 Å². The predicted octanol–water partition coefficient (Wildman–Crippen LogP) is -0.0110. The van der Waals surface area contributed by atoms with Gasteiger partial charge in [-0.3, -0.25) is 9.59 Å². The average Bonchev–Trinajstić information content (AvgIpc) is 2.83. The Morgan fingerprint density at radius 1 is 1.36 bits per heavy atom. The quantitative estimate of drug-likeness (QED) is 0.355. The Morgan fingerprint density at radius 3 is 2.82 bits per heavy atom. The molecular formula is C18H29BN2O7. The molecule has 1 amide bonds. The van der Waals surface area contributed by atoms with Crippen LogP contribution in [-0.2, 0) is 25.4 Å². The van der Waals surface area contributed by atoms with Crippen molar-refractivity contribution in [3.63, 3.8) is 0 Å². The summed E-state index contributed by atoms with van der Waals surface area (Å²) in [6.07, 6.45) is 2.03. The number of benzene rings is 1. The maximum absolute atomic E-state index is 12.2. The first kappa shape index (κ1) is 23.9. The lowest BCUT2D eigenvalue weighted by molar-refractivity contribution is -0.134. The first-order chi connectivity index (χ1) is 13.4. The summed E-state index contributed by atoms with van der Waals surface area (Å²) in [5, 5.41) is 20.0. The van der Waals surface area contributed by atoms with Gasteiger partial charge in [-0.1, -0.05) is 12.1 Å². The van der Waals surface area contributed by atoms with Gasteiger partial charge in [0.2, 0.25) is 5.91 Å². The standard InChI is InChI=1S/C16H25BN2O5.C2H4O2/c18-6-1-2-7-23-14-5-3-4-13(10-14)11-16(20)19-15-12-22-8-9-24-17(15)21;1-2(3)4/h3-5,10,15,21H,1-2,6-9,11-12,18H2,(H,19,20);1H3,(H,3,4). The molecule has 0 saturated carbocycles. The topological polar surface area (TPSA) is 140 Å².